The number of hydrogen-bond acceptors (Lipinski definition) is 7. The van der Waals surface area contributed by atoms with Gasteiger partial charge in [0.05, 0.1) is 0 Å². The SMILES string of the molecule is Cc1nc(C(F)F)cc(N2CCN(c3nnc(C4CC4)s3)CC2)n1. The Kier molecular flexibility index (Phi) is 4.03. The molecule has 0 spiro atoms. The molecule has 1 saturated carbocycles. The molecule has 1 saturated heterocycles. The quantitative estimate of drug-likeness (QED) is 0.843. The molecule has 0 amide bonds. The molecular formula is C15H18F2N6S. The summed E-state index contributed by atoms with van der Waals surface area (Å²) >= 11 is 1.68. The standard InChI is InChI=1S/C15H18F2N6S/c1-9-18-11(13(16)17)8-12(19-9)22-4-6-23(7-5-22)15-21-20-14(24-15)10-2-3-10/h8,10,13H,2-7H2,1H3. The normalized spacial score (nSPS) is 18.5. The zero-order valence-corrected chi connectivity index (χ0v) is 14.1. The van der Waals surface area contributed by atoms with E-state index in [-0.39, 0.29) is 5.69 Å². The van der Waals surface area contributed by atoms with Crippen LogP contribution >= 0.6 is 11.3 Å². The molecule has 0 radical (unpaired) electrons. The molecule has 0 atom stereocenters. The van der Waals surface area contributed by atoms with Crippen LogP contribution in [0.2, 0.25) is 0 Å². The molecule has 6 nitrogen and oxygen atoms in total. The van der Waals surface area contributed by atoms with E-state index in [1.165, 1.54) is 18.9 Å². The van der Waals surface area contributed by atoms with Gasteiger partial charge in [0.15, 0.2) is 0 Å². The largest absolute Gasteiger partial charge is 0.353 e. The van der Waals surface area contributed by atoms with Gasteiger partial charge < -0.3 is 9.80 Å². The second-order valence-corrected chi connectivity index (χ2v) is 7.16. The van der Waals surface area contributed by atoms with E-state index in [0.717, 1.165) is 36.3 Å². The zero-order valence-electron chi connectivity index (χ0n) is 13.3. The van der Waals surface area contributed by atoms with E-state index < -0.39 is 6.43 Å². The molecule has 2 aromatic rings. The average molecular weight is 352 g/mol. The first-order chi connectivity index (χ1) is 11.6. The fraction of sp³-hybridized carbons (Fsp3) is 0.600. The fourth-order valence-corrected chi connectivity index (χ4v) is 3.89. The van der Waals surface area contributed by atoms with Crippen LogP contribution in [-0.4, -0.2) is 46.3 Å². The molecule has 0 bridgehead atoms. The monoisotopic (exact) mass is 352 g/mol. The Balaban J connectivity index is 1.43. The van der Waals surface area contributed by atoms with E-state index >= 15 is 0 Å². The summed E-state index contributed by atoms with van der Waals surface area (Å²) in [5.74, 6) is 1.58. The number of alkyl halides is 2. The molecular weight excluding hydrogens is 334 g/mol. The molecule has 24 heavy (non-hydrogen) atoms. The Morgan fingerprint density at radius 2 is 1.79 bits per heavy atom. The minimum absolute atomic E-state index is 0.210. The second kappa shape index (κ2) is 6.19. The first-order valence-corrected chi connectivity index (χ1v) is 8.89. The average Bonchev–Trinajstić information content (AvgIpc) is 3.31. The van der Waals surface area contributed by atoms with Gasteiger partial charge in [-0.1, -0.05) is 11.3 Å². The molecule has 9 heteroatoms. The van der Waals surface area contributed by atoms with Gasteiger partial charge in [0.25, 0.3) is 6.43 Å². The van der Waals surface area contributed by atoms with E-state index in [1.807, 2.05) is 4.90 Å². The van der Waals surface area contributed by atoms with Gasteiger partial charge in [-0.25, -0.2) is 18.7 Å². The maximum Gasteiger partial charge on any atom is 0.280 e. The summed E-state index contributed by atoms with van der Waals surface area (Å²) in [6.45, 7) is 4.65. The molecule has 0 unspecified atom stereocenters. The van der Waals surface area contributed by atoms with Crippen LogP contribution < -0.4 is 9.80 Å². The lowest BCUT2D eigenvalue weighted by Crippen LogP contribution is -2.47. The van der Waals surface area contributed by atoms with Crippen molar-refractivity contribution >= 4 is 22.3 Å². The third-order valence-electron chi connectivity index (χ3n) is 4.30. The molecule has 3 heterocycles. The molecule has 0 aromatic carbocycles. The van der Waals surface area contributed by atoms with Crippen molar-refractivity contribution in [2.45, 2.75) is 32.1 Å². The Morgan fingerprint density at radius 3 is 2.46 bits per heavy atom. The molecule has 1 aliphatic heterocycles. The van der Waals surface area contributed by atoms with Crippen molar-refractivity contribution in [2.75, 3.05) is 36.0 Å². The van der Waals surface area contributed by atoms with Crippen LogP contribution in [0.5, 0.6) is 0 Å². The van der Waals surface area contributed by atoms with Crippen molar-refractivity contribution in [1.82, 2.24) is 20.2 Å². The number of anilines is 2. The predicted octanol–water partition coefficient (Wildman–Crippen LogP) is 2.78. The van der Waals surface area contributed by atoms with Crippen molar-refractivity contribution < 1.29 is 8.78 Å². The lowest BCUT2D eigenvalue weighted by Gasteiger charge is -2.35. The Labute approximate surface area is 142 Å². The number of piperazine rings is 1. The fourth-order valence-electron chi connectivity index (χ4n) is 2.82. The van der Waals surface area contributed by atoms with E-state index in [2.05, 4.69) is 25.1 Å². The molecule has 0 N–H and O–H groups in total. The van der Waals surface area contributed by atoms with Crippen molar-refractivity contribution in [2.24, 2.45) is 0 Å². The Bertz CT molecular complexity index is 725. The third kappa shape index (κ3) is 3.17. The highest BCUT2D eigenvalue weighted by molar-refractivity contribution is 7.15. The van der Waals surface area contributed by atoms with Crippen molar-refractivity contribution in [1.29, 1.82) is 0 Å². The van der Waals surface area contributed by atoms with Crippen LogP contribution in [0, 0.1) is 6.92 Å². The van der Waals surface area contributed by atoms with Gasteiger partial charge in [0, 0.05) is 38.2 Å². The number of aryl methyl sites for hydroxylation is 1. The summed E-state index contributed by atoms with van der Waals surface area (Å²) in [4.78, 5) is 12.4. The summed E-state index contributed by atoms with van der Waals surface area (Å²) in [7, 11) is 0. The van der Waals surface area contributed by atoms with Crippen LogP contribution in [0.1, 0.15) is 41.7 Å². The van der Waals surface area contributed by atoms with E-state index in [1.54, 1.807) is 18.3 Å². The maximum absolute atomic E-state index is 12.9. The van der Waals surface area contributed by atoms with Crippen molar-refractivity contribution in [3.8, 4) is 0 Å². The van der Waals surface area contributed by atoms with Crippen LogP contribution in [-0.2, 0) is 0 Å². The molecule has 2 aromatic heterocycles. The Hall–Kier alpha value is -1.90. The number of nitrogens with zero attached hydrogens (tertiary/aromatic N) is 6. The van der Waals surface area contributed by atoms with Crippen LogP contribution in [0.25, 0.3) is 0 Å². The number of aromatic nitrogens is 4. The van der Waals surface area contributed by atoms with Gasteiger partial charge in [0.2, 0.25) is 5.13 Å². The molecule has 2 aliphatic rings. The predicted molar refractivity (Wildman–Crippen MR) is 88.0 cm³/mol. The maximum atomic E-state index is 12.9. The highest BCUT2D eigenvalue weighted by Crippen LogP contribution is 2.42. The smallest absolute Gasteiger partial charge is 0.280 e. The van der Waals surface area contributed by atoms with Gasteiger partial charge in [0.1, 0.15) is 22.3 Å². The lowest BCUT2D eigenvalue weighted by molar-refractivity contribution is 0.145. The van der Waals surface area contributed by atoms with Gasteiger partial charge >= 0.3 is 0 Å². The number of rotatable bonds is 4. The molecule has 128 valence electrons. The Morgan fingerprint density at radius 1 is 1.08 bits per heavy atom. The van der Waals surface area contributed by atoms with Crippen LogP contribution in [0.15, 0.2) is 6.07 Å². The summed E-state index contributed by atoms with van der Waals surface area (Å²) in [6.07, 6.45) is -0.127. The first kappa shape index (κ1) is 15.6. The minimum atomic E-state index is -2.58. The molecule has 2 fully saturated rings. The van der Waals surface area contributed by atoms with Gasteiger partial charge in [-0.3, -0.25) is 0 Å². The van der Waals surface area contributed by atoms with Gasteiger partial charge in [-0.2, -0.15) is 0 Å². The summed E-state index contributed by atoms with van der Waals surface area (Å²) in [5, 5.41) is 10.7. The highest BCUT2D eigenvalue weighted by atomic mass is 32.1. The van der Waals surface area contributed by atoms with Crippen LogP contribution in [0.4, 0.5) is 19.7 Å². The first-order valence-electron chi connectivity index (χ1n) is 8.07. The zero-order chi connectivity index (χ0) is 16.7. The van der Waals surface area contributed by atoms with Crippen LogP contribution in [0.3, 0.4) is 0 Å². The highest BCUT2D eigenvalue weighted by Gasteiger charge is 2.29. The van der Waals surface area contributed by atoms with Crippen molar-refractivity contribution in [3.05, 3.63) is 22.6 Å². The lowest BCUT2D eigenvalue weighted by atomic mass is 10.3. The van der Waals surface area contributed by atoms with E-state index in [4.69, 9.17) is 0 Å². The summed E-state index contributed by atoms with van der Waals surface area (Å²) in [6, 6.07) is 1.39. The number of halogens is 2. The summed E-state index contributed by atoms with van der Waals surface area (Å²) < 4.78 is 25.8. The third-order valence-corrected chi connectivity index (χ3v) is 5.45. The number of hydrogen-bond donors (Lipinski definition) is 0. The second-order valence-electron chi connectivity index (χ2n) is 6.17. The molecule has 4 rings (SSSR count). The van der Waals surface area contributed by atoms with Gasteiger partial charge in [-0.15, -0.1) is 10.2 Å². The van der Waals surface area contributed by atoms with E-state index in [9.17, 15) is 8.78 Å². The van der Waals surface area contributed by atoms with Crippen molar-refractivity contribution in [3.63, 3.8) is 0 Å². The topological polar surface area (TPSA) is 58.0 Å². The molecule has 1 aliphatic carbocycles. The summed E-state index contributed by atoms with van der Waals surface area (Å²) in [5.41, 5.74) is -0.210. The van der Waals surface area contributed by atoms with Gasteiger partial charge in [-0.05, 0) is 19.8 Å². The minimum Gasteiger partial charge on any atom is -0.353 e. The van der Waals surface area contributed by atoms with E-state index in [0.29, 0.717) is 17.6 Å².